The predicted molar refractivity (Wildman–Crippen MR) is 87.0 cm³/mol. The molecule has 0 amide bonds. The topological polar surface area (TPSA) is 47.3 Å². The number of hydrogen-bond acceptors (Lipinski definition) is 3. The van der Waals surface area contributed by atoms with E-state index in [1.54, 1.807) is 7.11 Å². The summed E-state index contributed by atoms with van der Waals surface area (Å²) < 4.78 is 5.16. The first-order valence-corrected chi connectivity index (χ1v) is 7.61. The summed E-state index contributed by atoms with van der Waals surface area (Å²) in [6.07, 6.45) is 5.20. The highest BCUT2D eigenvalue weighted by Crippen LogP contribution is 2.23. The standard InChI is InChI=1S/C17H30N2O/c1-5-6-7-10-17(2,3)13-19-12-14-8-9-15(20-4)11-16(14)18/h8-9,11,19H,5-7,10,12-13,18H2,1-4H3. The molecule has 0 aliphatic carbocycles. The maximum atomic E-state index is 6.02. The Hall–Kier alpha value is -1.22. The minimum absolute atomic E-state index is 0.344. The number of benzene rings is 1. The molecule has 1 aromatic carbocycles. The van der Waals surface area contributed by atoms with Gasteiger partial charge in [0.15, 0.2) is 0 Å². The van der Waals surface area contributed by atoms with Crippen molar-refractivity contribution in [2.45, 2.75) is 53.0 Å². The minimum Gasteiger partial charge on any atom is -0.497 e. The van der Waals surface area contributed by atoms with Gasteiger partial charge < -0.3 is 15.8 Å². The zero-order chi connectivity index (χ0) is 15.0. The number of nitrogens with one attached hydrogen (secondary N) is 1. The van der Waals surface area contributed by atoms with E-state index < -0.39 is 0 Å². The zero-order valence-electron chi connectivity index (χ0n) is 13.5. The van der Waals surface area contributed by atoms with Gasteiger partial charge in [-0.25, -0.2) is 0 Å². The van der Waals surface area contributed by atoms with Gasteiger partial charge in [0.1, 0.15) is 5.75 Å². The number of methoxy groups -OCH3 is 1. The van der Waals surface area contributed by atoms with Gasteiger partial charge in [-0.3, -0.25) is 0 Å². The van der Waals surface area contributed by atoms with Crippen molar-refractivity contribution in [3.05, 3.63) is 23.8 Å². The molecule has 0 saturated heterocycles. The van der Waals surface area contributed by atoms with Gasteiger partial charge in [0.25, 0.3) is 0 Å². The number of ether oxygens (including phenoxy) is 1. The Labute approximate surface area is 123 Å². The highest BCUT2D eigenvalue weighted by molar-refractivity contribution is 5.51. The molecular formula is C17H30N2O. The van der Waals surface area contributed by atoms with E-state index in [0.29, 0.717) is 5.41 Å². The van der Waals surface area contributed by atoms with E-state index in [1.165, 1.54) is 25.7 Å². The number of unbranched alkanes of at least 4 members (excludes halogenated alkanes) is 2. The average Bonchev–Trinajstić information content (AvgIpc) is 2.40. The van der Waals surface area contributed by atoms with Gasteiger partial charge in [-0.15, -0.1) is 0 Å². The first-order valence-electron chi connectivity index (χ1n) is 7.61. The second-order valence-electron chi connectivity index (χ2n) is 6.29. The molecule has 1 rings (SSSR count). The minimum atomic E-state index is 0.344. The van der Waals surface area contributed by atoms with Crippen LogP contribution in [-0.2, 0) is 6.54 Å². The Bertz CT molecular complexity index is 402. The maximum Gasteiger partial charge on any atom is 0.120 e. The van der Waals surface area contributed by atoms with Crippen LogP contribution in [0.3, 0.4) is 0 Å². The molecule has 20 heavy (non-hydrogen) atoms. The highest BCUT2D eigenvalue weighted by Gasteiger charge is 2.16. The molecule has 0 unspecified atom stereocenters. The second-order valence-corrected chi connectivity index (χ2v) is 6.29. The van der Waals surface area contributed by atoms with Gasteiger partial charge in [-0.1, -0.05) is 46.1 Å². The number of rotatable bonds is 9. The van der Waals surface area contributed by atoms with Crippen LogP contribution in [0, 0.1) is 5.41 Å². The van der Waals surface area contributed by atoms with Gasteiger partial charge in [-0.2, -0.15) is 0 Å². The number of nitrogen functional groups attached to an aromatic ring is 1. The lowest BCUT2D eigenvalue weighted by Crippen LogP contribution is -2.29. The van der Waals surface area contributed by atoms with E-state index in [2.05, 4.69) is 26.1 Å². The van der Waals surface area contributed by atoms with Gasteiger partial charge in [0, 0.05) is 24.8 Å². The molecule has 0 aliphatic rings. The fourth-order valence-electron chi connectivity index (χ4n) is 2.34. The van der Waals surface area contributed by atoms with E-state index in [4.69, 9.17) is 10.5 Å². The fraction of sp³-hybridized carbons (Fsp3) is 0.647. The van der Waals surface area contributed by atoms with Crippen molar-refractivity contribution in [3.8, 4) is 5.75 Å². The van der Waals surface area contributed by atoms with Crippen molar-refractivity contribution in [2.75, 3.05) is 19.4 Å². The van der Waals surface area contributed by atoms with Crippen LogP contribution in [0.1, 0.15) is 52.0 Å². The quantitative estimate of drug-likeness (QED) is 0.530. The van der Waals surface area contributed by atoms with Crippen LogP contribution in [0.4, 0.5) is 5.69 Å². The summed E-state index contributed by atoms with van der Waals surface area (Å²) in [5.74, 6) is 0.811. The molecule has 3 N–H and O–H groups in total. The number of anilines is 1. The Morgan fingerprint density at radius 2 is 2.00 bits per heavy atom. The average molecular weight is 278 g/mol. The lowest BCUT2D eigenvalue weighted by atomic mass is 9.87. The number of hydrogen-bond donors (Lipinski definition) is 2. The lowest BCUT2D eigenvalue weighted by Gasteiger charge is -2.25. The van der Waals surface area contributed by atoms with E-state index >= 15 is 0 Å². The van der Waals surface area contributed by atoms with Crippen LogP contribution in [0.5, 0.6) is 5.75 Å². The first-order chi connectivity index (χ1) is 9.48. The third kappa shape index (κ3) is 5.83. The molecule has 0 aromatic heterocycles. The van der Waals surface area contributed by atoms with Crippen molar-refractivity contribution in [1.29, 1.82) is 0 Å². The summed E-state index contributed by atoms with van der Waals surface area (Å²) in [7, 11) is 1.66. The van der Waals surface area contributed by atoms with Crippen LogP contribution in [0.25, 0.3) is 0 Å². The van der Waals surface area contributed by atoms with E-state index in [-0.39, 0.29) is 0 Å². The summed E-state index contributed by atoms with van der Waals surface area (Å²) in [5, 5.41) is 3.53. The molecule has 0 spiro atoms. The smallest absolute Gasteiger partial charge is 0.120 e. The molecular weight excluding hydrogens is 248 g/mol. The molecule has 3 nitrogen and oxygen atoms in total. The van der Waals surface area contributed by atoms with Crippen LogP contribution < -0.4 is 15.8 Å². The monoisotopic (exact) mass is 278 g/mol. The summed E-state index contributed by atoms with van der Waals surface area (Å²) in [6, 6.07) is 5.87. The molecule has 1 aromatic rings. The molecule has 3 heteroatoms. The normalized spacial score (nSPS) is 11.6. The fourth-order valence-corrected chi connectivity index (χ4v) is 2.34. The molecule has 114 valence electrons. The lowest BCUT2D eigenvalue weighted by molar-refractivity contribution is 0.302. The summed E-state index contributed by atoms with van der Waals surface area (Å²) in [6.45, 7) is 8.73. The van der Waals surface area contributed by atoms with Gasteiger partial charge in [0.05, 0.1) is 7.11 Å². The summed E-state index contributed by atoms with van der Waals surface area (Å²) in [4.78, 5) is 0. The van der Waals surface area contributed by atoms with Crippen LogP contribution >= 0.6 is 0 Å². The Kier molecular flexibility index (Phi) is 6.86. The Balaban J connectivity index is 2.39. The maximum absolute atomic E-state index is 6.02. The molecule has 0 radical (unpaired) electrons. The number of nitrogens with two attached hydrogens (primary N) is 1. The van der Waals surface area contributed by atoms with Gasteiger partial charge >= 0.3 is 0 Å². The molecule has 0 aliphatic heterocycles. The predicted octanol–water partition coefficient (Wildman–Crippen LogP) is 3.97. The van der Waals surface area contributed by atoms with Gasteiger partial charge in [0.2, 0.25) is 0 Å². The zero-order valence-corrected chi connectivity index (χ0v) is 13.5. The Morgan fingerprint density at radius 3 is 2.60 bits per heavy atom. The Morgan fingerprint density at radius 1 is 1.25 bits per heavy atom. The molecule has 0 saturated carbocycles. The third-order valence-corrected chi connectivity index (χ3v) is 3.73. The first kappa shape index (κ1) is 16.8. The van der Waals surface area contributed by atoms with E-state index in [0.717, 1.165) is 30.1 Å². The van der Waals surface area contributed by atoms with Gasteiger partial charge in [-0.05, 0) is 23.5 Å². The summed E-state index contributed by atoms with van der Waals surface area (Å²) in [5.41, 5.74) is 8.30. The van der Waals surface area contributed by atoms with E-state index in [9.17, 15) is 0 Å². The van der Waals surface area contributed by atoms with Crippen LogP contribution in [0.2, 0.25) is 0 Å². The van der Waals surface area contributed by atoms with Crippen LogP contribution in [0.15, 0.2) is 18.2 Å². The third-order valence-electron chi connectivity index (χ3n) is 3.73. The van der Waals surface area contributed by atoms with Crippen molar-refractivity contribution in [2.24, 2.45) is 5.41 Å². The largest absolute Gasteiger partial charge is 0.497 e. The van der Waals surface area contributed by atoms with Crippen molar-refractivity contribution in [1.82, 2.24) is 5.32 Å². The molecule has 0 heterocycles. The van der Waals surface area contributed by atoms with Crippen molar-refractivity contribution in [3.63, 3.8) is 0 Å². The van der Waals surface area contributed by atoms with Crippen molar-refractivity contribution >= 4 is 5.69 Å². The summed E-state index contributed by atoms with van der Waals surface area (Å²) >= 11 is 0. The molecule has 0 bridgehead atoms. The molecule has 0 atom stereocenters. The second kappa shape index (κ2) is 8.15. The van der Waals surface area contributed by atoms with E-state index in [1.807, 2.05) is 18.2 Å². The van der Waals surface area contributed by atoms with Crippen molar-refractivity contribution < 1.29 is 4.74 Å². The SMILES string of the molecule is CCCCCC(C)(C)CNCc1ccc(OC)cc1N. The highest BCUT2D eigenvalue weighted by atomic mass is 16.5. The molecule has 0 fully saturated rings. The van der Waals surface area contributed by atoms with Crippen LogP contribution in [-0.4, -0.2) is 13.7 Å².